The molecule has 0 amide bonds. The Kier molecular flexibility index (Phi) is 2.44. The molecule has 4 atom stereocenters. The minimum atomic E-state index is -0.0864. The van der Waals surface area contributed by atoms with Crippen molar-refractivity contribution < 1.29 is 4.52 Å². The first kappa shape index (κ1) is 12.5. The van der Waals surface area contributed by atoms with Crippen LogP contribution in [-0.4, -0.2) is 5.16 Å². The number of aromatic nitrogens is 1. The summed E-state index contributed by atoms with van der Waals surface area (Å²) in [6.07, 6.45) is 4.42. The van der Waals surface area contributed by atoms with Crippen molar-refractivity contribution in [2.24, 2.45) is 17.3 Å². The van der Waals surface area contributed by atoms with Gasteiger partial charge in [-0.1, -0.05) is 51.2 Å². The van der Waals surface area contributed by atoms with E-state index in [1.807, 2.05) is 6.92 Å². The molecule has 0 saturated carbocycles. The summed E-state index contributed by atoms with van der Waals surface area (Å²) < 4.78 is 5.58. The van der Waals surface area contributed by atoms with Gasteiger partial charge in [-0.25, -0.2) is 0 Å². The maximum Gasteiger partial charge on any atom is 0.147 e. The van der Waals surface area contributed by atoms with Crippen LogP contribution in [0.25, 0.3) is 5.57 Å². The molecule has 100 valence electrons. The lowest BCUT2D eigenvalue weighted by Gasteiger charge is -2.50. The number of nitrogens with zero attached hydrogens (tertiary/aromatic N) is 1. The summed E-state index contributed by atoms with van der Waals surface area (Å²) in [6, 6.07) is 0. The van der Waals surface area contributed by atoms with Gasteiger partial charge in [-0.3, -0.25) is 0 Å². The highest BCUT2D eigenvalue weighted by Crippen LogP contribution is 2.61. The van der Waals surface area contributed by atoms with Gasteiger partial charge in [0.15, 0.2) is 0 Å². The maximum absolute atomic E-state index is 5.58. The van der Waals surface area contributed by atoms with Gasteiger partial charge in [-0.15, -0.1) is 0 Å². The molecule has 0 radical (unpaired) electrons. The average molecular weight is 255 g/mol. The Labute approximate surface area is 114 Å². The van der Waals surface area contributed by atoms with Crippen LogP contribution in [0, 0.1) is 24.2 Å². The molecule has 1 aromatic rings. The van der Waals surface area contributed by atoms with E-state index >= 15 is 0 Å². The van der Waals surface area contributed by atoms with Crippen molar-refractivity contribution in [3.8, 4) is 0 Å². The lowest BCUT2D eigenvalue weighted by molar-refractivity contribution is 0.182. The molecule has 2 nitrogen and oxygen atoms in total. The van der Waals surface area contributed by atoms with Crippen molar-refractivity contribution in [3.05, 3.63) is 47.9 Å². The number of hydrogen-bond acceptors (Lipinski definition) is 2. The fourth-order valence-corrected chi connectivity index (χ4v) is 4.14. The Balaban J connectivity index is 2.28. The van der Waals surface area contributed by atoms with Crippen molar-refractivity contribution in [2.75, 3.05) is 0 Å². The molecule has 0 saturated heterocycles. The number of hydrogen-bond donors (Lipinski definition) is 0. The Morgan fingerprint density at radius 3 is 2.68 bits per heavy atom. The summed E-state index contributed by atoms with van der Waals surface area (Å²) in [5.74, 6) is 2.27. The lowest BCUT2D eigenvalue weighted by atomic mass is 9.52. The van der Waals surface area contributed by atoms with E-state index in [1.165, 1.54) is 0 Å². The summed E-state index contributed by atoms with van der Waals surface area (Å²) in [4.78, 5) is 0. The van der Waals surface area contributed by atoms with Gasteiger partial charge in [0.25, 0.3) is 0 Å². The first-order chi connectivity index (χ1) is 8.89. The molecule has 0 bridgehead atoms. The highest BCUT2D eigenvalue weighted by Gasteiger charge is 2.52. The van der Waals surface area contributed by atoms with E-state index in [0.29, 0.717) is 17.8 Å². The highest BCUT2D eigenvalue weighted by atomic mass is 16.5. The average Bonchev–Trinajstić information content (AvgIpc) is 2.74. The third-order valence-electron chi connectivity index (χ3n) is 5.27. The molecule has 2 aliphatic carbocycles. The fraction of sp³-hybridized carbons (Fsp3) is 0.471. The second-order valence-corrected chi connectivity index (χ2v) is 6.25. The number of aryl methyl sites for hydroxylation is 1. The molecule has 0 N–H and O–H groups in total. The van der Waals surface area contributed by atoms with Gasteiger partial charge in [-0.2, -0.15) is 0 Å². The minimum Gasteiger partial charge on any atom is -0.360 e. The van der Waals surface area contributed by atoms with Crippen LogP contribution in [0.4, 0.5) is 0 Å². The maximum atomic E-state index is 5.58. The van der Waals surface area contributed by atoms with Crippen molar-refractivity contribution in [3.63, 3.8) is 0 Å². The third kappa shape index (κ3) is 1.35. The SMILES string of the molecule is C=C1C=C[C@H](C)[C@H]2[C@H](C)c3onc(C)c3C(=C)[C@@]12C. The Morgan fingerprint density at radius 1 is 1.32 bits per heavy atom. The smallest absolute Gasteiger partial charge is 0.147 e. The van der Waals surface area contributed by atoms with Gasteiger partial charge in [-0.05, 0) is 29.9 Å². The standard InChI is InChI=1S/C17H21NO/c1-9-7-8-10(2)17(6)12(4)14-13(5)18-19-16(14)11(3)15(9)17/h7-9,11,15H,2,4H2,1,3,5-6H3/t9-,11-,15-,17+/m0/s1. The molecule has 0 spiro atoms. The second kappa shape index (κ2) is 3.72. The molecule has 0 fully saturated rings. The van der Waals surface area contributed by atoms with E-state index in [9.17, 15) is 0 Å². The quantitative estimate of drug-likeness (QED) is 0.682. The largest absolute Gasteiger partial charge is 0.360 e. The van der Waals surface area contributed by atoms with Gasteiger partial charge in [0.1, 0.15) is 5.76 Å². The topological polar surface area (TPSA) is 26.0 Å². The van der Waals surface area contributed by atoms with E-state index in [-0.39, 0.29) is 5.41 Å². The fourth-order valence-electron chi connectivity index (χ4n) is 4.14. The molecule has 0 aromatic carbocycles. The molecule has 0 unspecified atom stereocenters. The predicted molar refractivity (Wildman–Crippen MR) is 77.7 cm³/mol. The van der Waals surface area contributed by atoms with Crippen LogP contribution >= 0.6 is 0 Å². The summed E-state index contributed by atoms with van der Waals surface area (Å²) in [7, 11) is 0. The van der Waals surface area contributed by atoms with Crippen LogP contribution in [0.5, 0.6) is 0 Å². The predicted octanol–water partition coefficient (Wildman–Crippen LogP) is 4.50. The van der Waals surface area contributed by atoms with Crippen LogP contribution in [0.1, 0.15) is 43.7 Å². The zero-order valence-electron chi connectivity index (χ0n) is 12.2. The normalized spacial score (nSPS) is 37.2. The zero-order chi connectivity index (χ0) is 13.9. The van der Waals surface area contributed by atoms with E-state index in [2.05, 4.69) is 51.2 Å². The van der Waals surface area contributed by atoms with Gasteiger partial charge in [0, 0.05) is 16.9 Å². The number of rotatable bonds is 0. The molecule has 3 rings (SSSR count). The number of fused-ring (bicyclic) bond motifs is 2. The molecule has 2 heteroatoms. The first-order valence-corrected chi connectivity index (χ1v) is 6.92. The molecule has 1 heterocycles. The van der Waals surface area contributed by atoms with Gasteiger partial charge in [0.05, 0.1) is 5.69 Å². The highest BCUT2D eigenvalue weighted by molar-refractivity contribution is 5.77. The van der Waals surface area contributed by atoms with Crippen molar-refractivity contribution >= 4 is 5.57 Å². The van der Waals surface area contributed by atoms with E-state index in [1.54, 1.807) is 0 Å². The van der Waals surface area contributed by atoms with Crippen molar-refractivity contribution in [1.29, 1.82) is 0 Å². The molecular formula is C17H21NO. The van der Waals surface area contributed by atoms with Gasteiger partial charge < -0.3 is 4.52 Å². The van der Waals surface area contributed by atoms with Crippen molar-refractivity contribution in [1.82, 2.24) is 5.16 Å². The van der Waals surface area contributed by atoms with Crippen molar-refractivity contribution in [2.45, 2.75) is 33.6 Å². The van der Waals surface area contributed by atoms with E-state index in [0.717, 1.165) is 28.2 Å². The summed E-state index contributed by atoms with van der Waals surface area (Å²) in [5.41, 5.74) is 4.25. The summed E-state index contributed by atoms with van der Waals surface area (Å²) >= 11 is 0. The molecule has 0 aliphatic heterocycles. The Bertz CT molecular complexity index is 607. The molecular weight excluding hydrogens is 234 g/mol. The monoisotopic (exact) mass is 255 g/mol. The van der Waals surface area contributed by atoms with Gasteiger partial charge in [0.2, 0.25) is 0 Å². The molecule has 2 aliphatic rings. The van der Waals surface area contributed by atoms with Crippen LogP contribution in [0.2, 0.25) is 0 Å². The third-order valence-corrected chi connectivity index (χ3v) is 5.27. The molecule has 1 aromatic heterocycles. The van der Waals surface area contributed by atoms with Gasteiger partial charge >= 0.3 is 0 Å². The van der Waals surface area contributed by atoms with Crippen LogP contribution in [0.15, 0.2) is 35.4 Å². The van der Waals surface area contributed by atoms with Crippen LogP contribution in [0.3, 0.4) is 0 Å². The summed E-state index contributed by atoms with van der Waals surface area (Å²) in [5, 5.41) is 4.15. The van der Waals surface area contributed by atoms with E-state index < -0.39 is 0 Å². The van der Waals surface area contributed by atoms with Crippen LogP contribution in [-0.2, 0) is 0 Å². The molecule has 19 heavy (non-hydrogen) atoms. The van der Waals surface area contributed by atoms with E-state index in [4.69, 9.17) is 4.52 Å². The first-order valence-electron chi connectivity index (χ1n) is 6.92. The number of allylic oxidation sites excluding steroid dienone is 4. The minimum absolute atomic E-state index is 0.0864. The lowest BCUT2D eigenvalue weighted by Crippen LogP contribution is -2.42. The van der Waals surface area contributed by atoms with Crippen LogP contribution < -0.4 is 0 Å². The Morgan fingerprint density at radius 2 is 2.00 bits per heavy atom. The second-order valence-electron chi connectivity index (χ2n) is 6.25. The summed E-state index contributed by atoms with van der Waals surface area (Å²) in [6.45, 7) is 17.4. The Hall–Kier alpha value is -1.57. The zero-order valence-corrected chi connectivity index (χ0v) is 12.2.